The van der Waals surface area contributed by atoms with Crippen LogP contribution in [0.4, 0.5) is 10.1 Å². The fraction of sp³-hybridized carbons (Fsp3) is 0.353. The zero-order valence-electron chi connectivity index (χ0n) is 13.8. The van der Waals surface area contributed by atoms with Gasteiger partial charge in [0.15, 0.2) is 9.84 Å². The highest BCUT2D eigenvalue weighted by molar-refractivity contribution is 9.10. The van der Waals surface area contributed by atoms with Crippen molar-refractivity contribution in [3.05, 3.63) is 52.6 Å². The van der Waals surface area contributed by atoms with Crippen molar-refractivity contribution in [1.29, 1.82) is 0 Å². The summed E-state index contributed by atoms with van der Waals surface area (Å²) >= 11 is 3.16. The van der Waals surface area contributed by atoms with Crippen LogP contribution in [0.2, 0.25) is 0 Å². The van der Waals surface area contributed by atoms with E-state index < -0.39 is 21.6 Å². The molecule has 26 heavy (non-hydrogen) atoms. The minimum atomic E-state index is -3.09. The number of furan rings is 1. The molecule has 1 aliphatic rings. The van der Waals surface area contributed by atoms with Crippen LogP contribution >= 0.6 is 15.9 Å². The molecule has 1 saturated heterocycles. The maximum Gasteiger partial charge on any atom is 0.238 e. The monoisotopic (exact) mass is 444 g/mol. The SMILES string of the molecule is O=C(CN(Cc1ccco1)[C@@H]1CCS(=O)(=O)C1)Nc1ccc(Br)cc1F. The van der Waals surface area contributed by atoms with Gasteiger partial charge in [-0.25, -0.2) is 12.8 Å². The lowest BCUT2D eigenvalue weighted by Gasteiger charge is -2.26. The molecule has 1 fully saturated rings. The Morgan fingerprint density at radius 2 is 2.19 bits per heavy atom. The summed E-state index contributed by atoms with van der Waals surface area (Å²) in [7, 11) is -3.09. The van der Waals surface area contributed by atoms with Gasteiger partial charge in [-0.15, -0.1) is 0 Å². The standard InChI is InChI=1S/C17H18BrFN2O4S/c18-12-3-4-16(15(19)8-12)20-17(22)10-21(9-14-2-1-6-25-14)13-5-7-26(23,24)11-13/h1-4,6,8,13H,5,7,9-11H2,(H,20,22)/t13-/m1/s1. The molecule has 1 amide bonds. The van der Waals surface area contributed by atoms with Crippen molar-refractivity contribution in [2.75, 3.05) is 23.4 Å². The number of carbonyl (C=O) groups is 1. The van der Waals surface area contributed by atoms with Gasteiger partial charge in [0.25, 0.3) is 0 Å². The van der Waals surface area contributed by atoms with Crippen LogP contribution in [0, 0.1) is 5.82 Å². The van der Waals surface area contributed by atoms with E-state index in [2.05, 4.69) is 21.2 Å². The Morgan fingerprint density at radius 1 is 1.38 bits per heavy atom. The second-order valence-corrected chi connectivity index (χ2v) is 9.36. The fourth-order valence-corrected chi connectivity index (χ4v) is 5.04. The average Bonchev–Trinajstić information content (AvgIpc) is 3.19. The van der Waals surface area contributed by atoms with Gasteiger partial charge in [0, 0.05) is 10.5 Å². The van der Waals surface area contributed by atoms with E-state index in [9.17, 15) is 17.6 Å². The zero-order valence-corrected chi connectivity index (χ0v) is 16.2. The first-order valence-electron chi connectivity index (χ1n) is 8.04. The van der Waals surface area contributed by atoms with Gasteiger partial charge in [-0.05, 0) is 36.8 Å². The van der Waals surface area contributed by atoms with Crippen LogP contribution in [-0.4, -0.2) is 43.3 Å². The van der Waals surface area contributed by atoms with E-state index in [4.69, 9.17) is 4.42 Å². The third kappa shape index (κ3) is 4.93. The van der Waals surface area contributed by atoms with Gasteiger partial charge in [-0.2, -0.15) is 0 Å². The molecular weight excluding hydrogens is 427 g/mol. The van der Waals surface area contributed by atoms with Crippen molar-refractivity contribution in [2.45, 2.75) is 19.0 Å². The van der Waals surface area contributed by atoms with Gasteiger partial charge >= 0.3 is 0 Å². The number of amides is 1. The average molecular weight is 445 g/mol. The Balaban J connectivity index is 1.71. The van der Waals surface area contributed by atoms with E-state index >= 15 is 0 Å². The van der Waals surface area contributed by atoms with Crippen LogP contribution in [0.3, 0.4) is 0 Å². The number of carbonyl (C=O) groups excluding carboxylic acids is 1. The van der Waals surface area contributed by atoms with E-state index in [1.54, 1.807) is 23.1 Å². The van der Waals surface area contributed by atoms with Gasteiger partial charge in [0.2, 0.25) is 5.91 Å². The lowest BCUT2D eigenvalue weighted by atomic mass is 10.2. The molecule has 1 N–H and O–H groups in total. The van der Waals surface area contributed by atoms with E-state index in [1.165, 1.54) is 18.4 Å². The van der Waals surface area contributed by atoms with Gasteiger partial charge in [-0.3, -0.25) is 9.69 Å². The first-order valence-corrected chi connectivity index (χ1v) is 10.7. The Bertz CT molecular complexity index is 886. The van der Waals surface area contributed by atoms with Gasteiger partial charge in [0.05, 0.1) is 36.5 Å². The first-order chi connectivity index (χ1) is 12.3. The second-order valence-electron chi connectivity index (χ2n) is 6.21. The Morgan fingerprint density at radius 3 is 2.81 bits per heavy atom. The summed E-state index contributed by atoms with van der Waals surface area (Å²) in [6, 6.07) is 7.58. The molecule has 140 valence electrons. The van der Waals surface area contributed by atoms with Crippen molar-refractivity contribution in [3.63, 3.8) is 0 Å². The highest BCUT2D eigenvalue weighted by Gasteiger charge is 2.33. The number of anilines is 1. The van der Waals surface area contributed by atoms with E-state index in [-0.39, 0.29) is 29.8 Å². The Kier molecular flexibility index (Phi) is 5.79. The van der Waals surface area contributed by atoms with Crippen LogP contribution in [0.5, 0.6) is 0 Å². The quantitative estimate of drug-likeness (QED) is 0.740. The lowest BCUT2D eigenvalue weighted by Crippen LogP contribution is -2.41. The molecule has 1 aliphatic heterocycles. The number of sulfone groups is 1. The van der Waals surface area contributed by atoms with Crippen molar-refractivity contribution < 1.29 is 22.0 Å². The van der Waals surface area contributed by atoms with Crippen LogP contribution in [0.1, 0.15) is 12.2 Å². The summed E-state index contributed by atoms with van der Waals surface area (Å²) in [5, 5.41) is 2.54. The topological polar surface area (TPSA) is 79.6 Å². The molecule has 1 aromatic heterocycles. The molecule has 9 heteroatoms. The fourth-order valence-electron chi connectivity index (χ4n) is 2.95. The number of nitrogens with one attached hydrogen (secondary N) is 1. The van der Waals surface area contributed by atoms with E-state index in [0.29, 0.717) is 23.2 Å². The number of halogens is 2. The summed E-state index contributed by atoms with van der Waals surface area (Å²) in [5.41, 5.74) is 0.0789. The summed E-state index contributed by atoms with van der Waals surface area (Å²) in [5.74, 6) is -0.212. The summed E-state index contributed by atoms with van der Waals surface area (Å²) in [6.07, 6.45) is 1.99. The molecule has 6 nitrogen and oxygen atoms in total. The minimum Gasteiger partial charge on any atom is -0.468 e. The van der Waals surface area contributed by atoms with Gasteiger partial charge in [0.1, 0.15) is 11.6 Å². The lowest BCUT2D eigenvalue weighted by molar-refractivity contribution is -0.118. The van der Waals surface area contributed by atoms with Gasteiger partial charge in [-0.1, -0.05) is 15.9 Å². The smallest absolute Gasteiger partial charge is 0.238 e. The van der Waals surface area contributed by atoms with Crippen LogP contribution in [-0.2, 0) is 21.2 Å². The zero-order chi connectivity index (χ0) is 18.7. The molecule has 2 heterocycles. The number of hydrogen-bond acceptors (Lipinski definition) is 5. The third-order valence-electron chi connectivity index (χ3n) is 4.22. The molecule has 0 saturated carbocycles. The molecule has 0 spiro atoms. The third-order valence-corrected chi connectivity index (χ3v) is 6.46. The minimum absolute atomic E-state index is 0.00757. The van der Waals surface area contributed by atoms with Crippen molar-refractivity contribution in [1.82, 2.24) is 4.90 Å². The first kappa shape index (κ1) is 19.1. The highest BCUT2D eigenvalue weighted by Crippen LogP contribution is 2.22. The summed E-state index contributed by atoms with van der Waals surface area (Å²) in [4.78, 5) is 14.2. The molecule has 1 aromatic carbocycles. The Labute approximate surface area is 159 Å². The largest absolute Gasteiger partial charge is 0.468 e. The predicted octanol–water partition coefficient (Wildman–Crippen LogP) is 2.81. The number of hydrogen-bond donors (Lipinski definition) is 1. The molecule has 0 unspecified atom stereocenters. The van der Waals surface area contributed by atoms with E-state index in [0.717, 1.165) is 0 Å². The molecule has 0 bridgehead atoms. The van der Waals surface area contributed by atoms with Crippen LogP contribution < -0.4 is 5.32 Å². The Hall–Kier alpha value is -1.71. The maximum atomic E-state index is 13.9. The second kappa shape index (κ2) is 7.89. The summed E-state index contributed by atoms with van der Waals surface area (Å²) in [6.45, 7) is 0.250. The molecule has 0 radical (unpaired) electrons. The van der Waals surface area contributed by atoms with Crippen molar-refractivity contribution in [2.24, 2.45) is 0 Å². The molecule has 1 atom stereocenters. The highest BCUT2D eigenvalue weighted by atomic mass is 79.9. The number of nitrogens with zero attached hydrogens (tertiary/aromatic N) is 1. The predicted molar refractivity (Wildman–Crippen MR) is 98.9 cm³/mol. The molecule has 3 rings (SSSR count). The van der Waals surface area contributed by atoms with E-state index in [1.807, 2.05) is 0 Å². The van der Waals surface area contributed by atoms with Crippen molar-refractivity contribution >= 4 is 37.4 Å². The molecule has 2 aromatic rings. The maximum absolute atomic E-state index is 13.9. The van der Waals surface area contributed by atoms with Crippen LogP contribution in [0.25, 0.3) is 0 Å². The summed E-state index contributed by atoms with van der Waals surface area (Å²) < 4.78 is 43.4. The van der Waals surface area contributed by atoms with Gasteiger partial charge < -0.3 is 9.73 Å². The molecule has 0 aliphatic carbocycles. The van der Waals surface area contributed by atoms with Crippen LogP contribution in [0.15, 0.2) is 45.5 Å². The number of benzene rings is 1. The number of rotatable bonds is 6. The normalized spacial score (nSPS) is 19.0. The molecular formula is C17H18BrFN2O4S. The van der Waals surface area contributed by atoms with Crippen molar-refractivity contribution in [3.8, 4) is 0 Å².